The van der Waals surface area contributed by atoms with E-state index in [2.05, 4.69) is 37.9 Å². The van der Waals surface area contributed by atoms with Crippen LogP contribution in [0.3, 0.4) is 0 Å². The van der Waals surface area contributed by atoms with Crippen LogP contribution in [-0.4, -0.2) is 68.2 Å². The smallest absolute Gasteiger partial charge is 0.214 e. The molecule has 1 aliphatic rings. The molecule has 0 atom stereocenters. The molecular formula is C13H29N3O2S. The summed E-state index contributed by atoms with van der Waals surface area (Å²) in [6.07, 6.45) is 0.685. The lowest BCUT2D eigenvalue weighted by Gasteiger charge is -2.36. The highest BCUT2D eigenvalue weighted by Gasteiger charge is 2.27. The van der Waals surface area contributed by atoms with Gasteiger partial charge in [0.05, 0.1) is 5.75 Å². The van der Waals surface area contributed by atoms with Crippen LogP contribution < -0.4 is 5.32 Å². The minimum Gasteiger partial charge on any atom is -0.314 e. The van der Waals surface area contributed by atoms with Gasteiger partial charge in [-0.05, 0) is 26.8 Å². The van der Waals surface area contributed by atoms with Crippen molar-refractivity contribution in [2.24, 2.45) is 0 Å². The molecule has 1 N–H and O–H groups in total. The van der Waals surface area contributed by atoms with Gasteiger partial charge in [-0.3, -0.25) is 4.90 Å². The first kappa shape index (κ1) is 16.9. The van der Waals surface area contributed by atoms with Crippen LogP contribution in [0, 0.1) is 0 Å². The summed E-state index contributed by atoms with van der Waals surface area (Å²) < 4.78 is 26.0. The highest BCUT2D eigenvalue weighted by atomic mass is 32.2. The van der Waals surface area contributed by atoms with E-state index in [1.807, 2.05) is 0 Å². The molecule has 0 amide bonds. The van der Waals surface area contributed by atoms with Crippen molar-refractivity contribution >= 4 is 10.0 Å². The second-order valence-electron chi connectivity index (χ2n) is 5.81. The van der Waals surface area contributed by atoms with Gasteiger partial charge >= 0.3 is 0 Å². The fourth-order valence-corrected chi connectivity index (χ4v) is 3.76. The summed E-state index contributed by atoms with van der Waals surface area (Å²) in [6, 6.07) is 0.914. The van der Waals surface area contributed by atoms with Crippen molar-refractivity contribution in [3.63, 3.8) is 0 Å². The zero-order valence-corrected chi connectivity index (χ0v) is 13.5. The number of hydrogen-bond acceptors (Lipinski definition) is 4. The largest absolute Gasteiger partial charge is 0.314 e. The number of nitrogens with one attached hydrogen (secondary N) is 1. The maximum Gasteiger partial charge on any atom is 0.214 e. The highest BCUT2D eigenvalue weighted by Crippen LogP contribution is 2.11. The van der Waals surface area contributed by atoms with Crippen molar-refractivity contribution in [1.82, 2.24) is 14.5 Å². The maximum atomic E-state index is 12.2. The summed E-state index contributed by atoms with van der Waals surface area (Å²) >= 11 is 0. The average molecular weight is 291 g/mol. The Labute approximate surface area is 118 Å². The van der Waals surface area contributed by atoms with Crippen molar-refractivity contribution in [2.45, 2.75) is 46.2 Å². The van der Waals surface area contributed by atoms with Crippen molar-refractivity contribution in [1.29, 1.82) is 0 Å². The number of hydrogen-bond donors (Lipinski definition) is 1. The molecule has 1 aliphatic heterocycles. The predicted molar refractivity (Wildman–Crippen MR) is 79.8 cm³/mol. The van der Waals surface area contributed by atoms with Crippen molar-refractivity contribution in [3.05, 3.63) is 0 Å². The monoisotopic (exact) mass is 291 g/mol. The normalized spacial score (nSPS) is 19.5. The van der Waals surface area contributed by atoms with Gasteiger partial charge in [0, 0.05) is 38.3 Å². The quantitative estimate of drug-likeness (QED) is 0.703. The van der Waals surface area contributed by atoms with Crippen LogP contribution in [0.25, 0.3) is 0 Å². The molecule has 0 saturated carbocycles. The van der Waals surface area contributed by atoms with E-state index in [0.717, 1.165) is 19.6 Å². The van der Waals surface area contributed by atoms with E-state index in [0.29, 0.717) is 31.6 Å². The summed E-state index contributed by atoms with van der Waals surface area (Å²) in [7, 11) is -3.06. The zero-order chi connectivity index (χ0) is 14.5. The van der Waals surface area contributed by atoms with Crippen LogP contribution in [0.5, 0.6) is 0 Å². The average Bonchev–Trinajstić information content (AvgIpc) is 2.34. The molecule has 114 valence electrons. The fourth-order valence-electron chi connectivity index (χ4n) is 2.27. The van der Waals surface area contributed by atoms with E-state index in [-0.39, 0.29) is 5.75 Å². The topological polar surface area (TPSA) is 52.7 Å². The van der Waals surface area contributed by atoms with Crippen molar-refractivity contribution in [2.75, 3.05) is 38.5 Å². The second kappa shape index (κ2) is 7.57. The zero-order valence-electron chi connectivity index (χ0n) is 12.7. The highest BCUT2D eigenvalue weighted by molar-refractivity contribution is 7.89. The molecule has 1 fully saturated rings. The van der Waals surface area contributed by atoms with Crippen LogP contribution >= 0.6 is 0 Å². The molecule has 0 aromatic rings. The maximum absolute atomic E-state index is 12.2. The first-order valence-electron chi connectivity index (χ1n) is 7.28. The molecule has 0 aromatic heterocycles. The molecule has 0 aromatic carbocycles. The molecule has 6 heteroatoms. The third kappa shape index (κ3) is 5.77. The fraction of sp³-hybridized carbons (Fsp3) is 1.00. The SMILES string of the molecule is CC(C)NCCCS(=O)(=O)N1CCN(C(C)C)CC1. The number of nitrogens with zero attached hydrogens (tertiary/aromatic N) is 2. The van der Waals surface area contributed by atoms with Crippen LogP contribution in [0.1, 0.15) is 34.1 Å². The van der Waals surface area contributed by atoms with Crippen LogP contribution in [0.4, 0.5) is 0 Å². The number of sulfonamides is 1. The second-order valence-corrected chi connectivity index (χ2v) is 7.90. The summed E-state index contributed by atoms with van der Waals surface area (Å²) in [5.41, 5.74) is 0. The molecule has 0 spiro atoms. The van der Waals surface area contributed by atoms with Gasteiger partial charge in [0.25, 0.3) is 0 Å². The minimum absolute atomic E-state index is 0.258. The summed E-state index contributed by atoms with van der Waals surface area (Å²) in [5.74, 6) is 0.258. The van der Waals surface area contributed by atoms with E-state index >= 15 is 0 Å². The van der Waals surface area contributed by atoms with Gasteiger partial charge in [-0.2, -0.15) is 4.31 Å². The van der Waals surface area contributed by atoms with Gasteiger partial charge in [-0.15, -0.1) is 0 Å². The van der Waals surface area contributed by atoms with Gasteiger partial charge < -0.3 is 5.32 Å². The standard InChI is InChI=1S/C13H29N3O2S/c1-12(2)14-6-5-11-19(17,18)16-9-7-15(8-10-16)13(3)4/h12-14H,5-11H2,1-4H3. The van der Waals surface area contributed by atoms with Gasteiger partial charge in [-0.25, -0.2) is 8.42 Å². The van der Waals surface area contributed by atoms with Gasteiger partial charge in [0.1, 0.15) is 0 Å². The Balaban J connectivity index is 2.34. The third-order valence-corrected chi connectivity index (χ3v) is 5.49. The third-order valence-electron chi connectivity index (χ3n) is 3.53. The molecular weight excluding hydrogens is 262 g/mol. The molecule has 0 aliphatic carbocycles. The summed E-state index contributed by atoms with van der Waals surface area (Å²) in [6.45, 7) is 12.2. The van der Waals surface area contributed by atoms with Crippen molar-refractivity contribution in [3.8, 4) is 0 Å². The molecule has 0 unspecified atom stereocenters. The number of rotatable bonds is 7. The van der Waals surface area contributed by atoms with Crippen LogP contribution in [0.2, 0.25) is 0 Å². The molecule has 19 heavy (non-hydrogen) atoms. The predicted octanol–water partition coefficient (Wildman–Crippen LogP) is 0.730. The van der Waals surface area contributed by atoms with Gasteiger partial charge in [-0.1, -0.05) is 13.8 Å². The molecule has 5 nitrogen and oxygen atoms in total. The molecule has 1 rings (SSSR count). The van der Waals surface area contributed by atoms with E-state index in [1.165, 1.54) is 0 Å². The van der Waals surface area contributed by atoms with Crippen molar-refractivity contribution < 1.29 is 8.42 Å². The van der Waals surface area contributed by atoms with Gasteiger partial charge in [0.2, 0.25) is 10.0 Å². The van der Waals surface area contributed by atoms with Gasteiger partial charge in [0.15, 0.2) is 0 Å². The molecule has 0 bridgehead atoms. The summed E-state index contributed by atoms with van der Waals surface area (Å²) in [4.78, 5) is 2.33. The number of piperazine rings is 1. The minimum atomic E-state index is -3.06. The molecule has 1 saturated heterocycles. The summed E-state index contributed by atoms with van der Waals surface area (Å²) in [5, 5.41) is 3.25. The Morgan fingerprint density at radius 2 is 1.63 bits per heavy atom. The Bertz CT molecular complexity index is 347. The molecule has 0 radical (unpaired) electrons. The van der Waals surface area contributed by atoms with E-state index in [9.17, 15) is 8.42 Å². The van der Waals surface area contributed by atoms with E-state index < -0.39 is 10.0 Å². The first-order valence-corrected chi connectivity index (χ1v) is 8.89. The van der Waals surface area contributed by atoms with Crippen LogP contribution in [0.15, 0.2) is 0 Å². The Hall–Kier alpha value is -0.170. The lowest BCUT2D eigenvalue weighted by molar-refractivity contribution is 0.154. The lowest BCUT2D eigenvalue weighted by Crippen LogP contribution is -2.51. The van der Waals surface area contributed by atoms with E-state index in [4.69, 9.17) is 0 Å². The Kier molecular flexibility index (Phi) is 6.73. The Morgan fingerprint density at radius 3 is 2.11 bits per heavy atom. The van der Waals surface area contributed by atoms with Crippen LogP contribution in [-0.2, 0) is 10.0 Å². The Morgan fingerprint density at radius 1 is 1.05 bits per heavy atom. The molecule has 1 heterocycles. The first-order chi connectivity index (χ1) is 8.83. The lowest BCUT2D eigenvalue weighted by atomic mass is 10.3. The van der Waals surface area contributed by atoms with E-state index in [1.54, 1.807) is 4.31 Å².